The van der Waals surface area contributed by atoms with Gasteiger partial charge in [-0.1, -0.05) is 12.1 Å². The van der Waals surface area contributed by atoms with Gasteiger partial charge in [0.15, 0.2) is 0 Å². The SMILES string of the molecule is Cc1nn(-c2ccccc2C(=O)O)c(C)cc1=O. The molecule has 0 radical (unpaired) electrons. The maximum Gasteiger partial charge on any atom is 0.337 e. The van der Waals surface area contributed by atoms with Gasteiger partial charge in [0.2, 0.25) is 5.43 Å². The van der Waals surface area contributed by atoms with Crippen molar-refractivity contribution in [2.75, 3.05) is 0 Å². The lowest BCUT2D eigenvalue weighted by atomic mass is 10.1. The molecule has 0 aliphatic heterocycles. The molecule has 0 bridgehead atoms. The number of carbonyl (C=O) groups is 1. The quantitative estimate of drug-likeness (QED) is 0.869. The van der Waals surface area contributed by atoms with Gasteiger partial charge in [0.1, 0.15) is 5.69 Å². The molecule has 1 N–H and O–H groups in total. The van der Waals surface area contributed by atoms with E-state index < -0.39 is 5.97 Å². The third kappa shape index (κ3) is 2.02. The summed E-state index contributed by atoms with van der Waals surface area (Å²) in [7, 11) is 0. The first-order valence-corrected chi connectivity index (χ1v) is 5.41. The van der Waals surface area contributed by atoms with Crippen LogP contribution in [0.2, 0.25) is 0 Å². The van der Waals surface area contributed by atoms with E-state index in [1.807, 2.05) is 0 Å². The molecule has 0 saturated heterocycles. The van der Waals surface area contributed by atoms with Crippen LogP contribution in [0.3, 0.4) is 0 Å². The van der Waals surface area contributed by atoms with Gasteiger partial charge in [-0.15, -0.1) is 0 Å². The molecule has 5 nitrogen and oxygen atoms in total. The second-order valence-electron chi connectivity index (χ2n) is 3.97. The molecule has 18 heavy (non-hydrogen) atoms. The maximum absolute atomic E-state index is 11.5. The summed E-state index contributed by atoms with van der Waals surface area (Å²) >= 11 is 0. The van der Waals surface area contributed by atoms with Crippen LogP contribution in [0.15, 0.2) is 35.1 Å². The van der Waals surface area contributed by atoms with Crippen LogP contribution >= 0.6 is 0 Å². The fourth-order valence-electron chi connectivity index (χ4n) is 1.72. The summed E-state index contributed by atoms with van der Waals surface area (Å²) in [5, 5.41) is 13.3. The molecule has 0 fully saturated rings. The van der Waals surface area contributed by atoms with Crippen LogP contribution in [0.25, 0.3) is 5.69 Å². The molecule has 1 heterocycles. The number of benzene rings is 1. The van der Waals surface area contributed by atoms with Crippen molar-refractivity contribution < 1.29 is 9.90 Å². The first-order valence-electron chi connectivity index (χ1n) is 5.41. The van der Waals surface area contributed by atoms with E-state index in [0.29, 0.717) is 17.1 Å². The molecule has 0 saturated carbocycles. The highest BCUT2D eigenvalue weighted by atomic mass is 16.4. The topological polar surface area (TPSA) is 72.2 Å². The molecule has 0 spiro atoms. The lowest BCUT2D eigenvalue weighted by Crippen LogP contribution is -2.18. The Morgan fingerprint density at radius 2 is 1.94 bits per heavy atom. The van der Waals surface area contributed by atoms with Gasteiger partial charge in [-0.2, -0.15) is 5.10 Å². The number of hydrogen-bond acceptors (Lipinski definition) is 3. The number of aromatic carboxylic acids is 1. The summed E-state index contributed by atoms with van der Waals surface area (Å²) in [5.41, 5.74) is 1.37. The number of aromatic nitrogens is 2. The zero-order chi connectivity index (χ0) is 13.3. The standard InChI is InChI=1S/C13H12N2O3/c1-8-7-12(16)9(2)14-15(8)11-6-4-3-5-10(11)13(17)18/h3-7H,1-2H3,(H,17,18). The Morgan fingerprint density at radius 1 is 1.28 bits per heavy atom. The highest BCUT2D eigenvalue weighted by Gasteiger charge is 2.13. The van der Waals surface area contributed by atoms with Crippen molar-refractivity contribution in [1.29, 1.82) is 0 Å². The molecule has 2 rings (SSSR count). The van der Waals surface area contributed by atoms with Gasteiger partial charge >= 0.3 is 5.97 Å². The Balaban J connectivity index is 2.73. The van der Waals surface area contributed by atoms with E-state index in [4.69, 9.17) is 5.11 Å². The Hall–Kier alpha value is -2.43. The molecular formula is C13H12N2O3. The number of carboxylic acid groups (broad SMARTS) is 1. The molecule has 0 atom stereocenters. The van der Waals surface area contributed by atoms with Crippen molar-refractivity contribution in [3.8, 4) is 5.69 Å². The van der Waals surface area contributed by atoms with Gasteiger partial charge in [0.25, 0.3) is 0 Å². The average molecular weight is 244 g/mol. The molecule has 92 valence electrons. The lowest BCUT2D eigenvalue weighted by Gasteiger charge is -2.12. The van der Waals surface area contributed by atoms with Crippen LogP contribution in [0.4, 0.5) is 0 Å². The largest absolute Gasteiger partial charge is 0.478 e. The minimum absolute atomic E-state index is 0.149. The van der Waals surface area contributed by atoms with Crippen LogP contribution in [-0.2, 0) is 0 Å². The van der Waals surface area contributed by atoms with Crippen molar-refractivity contribution in [2.24, 2.45) is 0 Å². The van der Waals surface area contributed by atoms with E-state index in [1.165, 1.54) is 16.8 Å². The van der Waals surface area contributed by atoms with Gasteiger partial charge in [-0.25, -0.2) is 9.48 Å². The van der Waals surface area contributed by atoms with Crippen molar-refractivity contribution in [1.82, 2.24) is 9.78 Å². The van der Waals surface area contributed by atoms with Gasteiger partial charge in [-0.05, 0) is 26.0 Å². The van der Waals surface area contributed by atoms with Crippen molar-refractivity contribution >= 4 is 5.97 Å². The van der Waals surface area contributed by atoms with Gasteiger partial charge in [0, 0.05) is 11.8 Å². The zero-order valence-corrected chi connectivity index (χ0v) is 10.0. The molecule has 0 aliphatic rings. The second-order valence-corrected chi connectivity index (χ2v) is 3.97. The second kappa shape index (κ2) is 4.44. The molecule has 1 aromatic heterocycles. The number of para-hydroxylation sites is 1. The van der Waals surface area contributed by atoms with E-state index in [0.717, 1.165) is 0 Å². The highest BCUT2D eigenvalue weighted by molar-refractivity contribution is 5.91. The fraction of sp³-hybridized carbons (Fsp3) is 0.154. The van der Waals surface area contributed by atoms with Crippen LogP contribution in [0, 0.1) is 13.8 Å². The van der Waals surface area contributed by atoms with Crippen LogP contribution in [0.5, 0.6) is 0 Å². The third-order valence-corrected chi connectivity index (χ3v) is 2.64. The summed E-state index contributed by atoms with van der Waals surface area (Å²) in [6.07, 6.45) is 0. The van der Waals surface area contributed by atoms with Crippen LogP contribution in [0.1, 0.15) is 21.7 Å². The number of hydrogen-bond donors (Lipinski definition) is 1. The number of nitrogens with zero attached hydrogens (tertiary/aromatic N) is 2. The Morgan fingerprint density at radius 3 is 2.61 bits per heavy atom. The van der Waals surface area contributed by atoms with E-state index in [-0.39, 0.29) is 11.0 Å². The Bertz CT molecular complexity index is 674. The molecule has 1 aromatic carbocycles. The maximum atomic E-state index is 11.5. The number of rotatable bonds is 2. The number of carboxylic acids is 1. The van der Waals surface area contributed by atoms with Gasteiger partial charge in [-0.3, -0.25) is 4.79 Å². The summed E-state index contributed by atoms with van der Waals surface area (Å²) < 4.78 is 1.47. The Labute approximate surface area is 103 Å². The van der Waals surface area contributed by atoms with Crippen LogP contribution < -0.4 is 5.43 Å². The summed E-state index contributed by atoms with van der Waals surface area (Å²) in [6, 6.07) is 7.99. The first-order chi connectivity index (χ1) is 8.50. The summed E-state index contributed by atoms with van der Waals surface area (Å²) in [6.45, 7) is 3.31. The lowest BCUT2D eigenvalue weighted by molar-refractivity contribution is 0.0696. The molecule has 0 unspecified atom stereocenters. The summed E-state index contributed by atoms with van der Waals surface area (Å²) in [4.78, 5) is 22.6. The molecule has 2 aromatic rings. The normalized spacial score (nSPS) is 10.3. The highest BCUT2D eigenvalue weighted by Crippen LogP contribution is 2.14. The average Bonchev–Trinajstić information content (AvgIpc) is 2.34. The van der Waals surface area contributed by atoms with Crippen molar-refractivity contribution in [2.45, 2.75) is 13.8 Å². The third-order valence-electron chi connectivity index (χ3n) is 2.64. The smallest absolute Gasteiger partial charge is 0.337 e. The first kappa shape index (κ1) is 12.0. The van der Waals surface area contributed by atoms with Crippen molar-refractivity contribution in [3.05, 3.63) is 57.5 Å². The van der Waals surface area contributed by atoms with Crippen molar-refractivity contribution in [3.63, 3.8) is 0 Å². The van der Waals surface area contributed by atoms with E-state index in [1.54, 1.807) is 32.0 Å². The monoisotopic (exact) mass is 244 g/mol. The predicted octanol–water partition coefficient (Wildman–Crippen LogP) is 1.55. The molecule has 5 heteroatoms. The fourth-order valence-corrected chi connectivity index (χ4v) is 1.72. The predicted molar refractivity (Wildman–Crippen MR) is 66.3 cm³/mol. The minimum Gasteiger partial charge on any atom is -0.478 e. The van der Waals surface area contributed by atoms with E-state index >= 15 is 0 Å². The van der Waals surface area contributed by atoms with Gasteiger partial charge in [0.05, 0.1) is 11.3 Å². The number of aryl methyl sites for hydroxylation is 2. The zero-order valence-electron chi connectivity index (χ0n) is 10.0. The van der Waals surface area contributed by atoms with Gasteiger partial charge < -0.3 is 5.11 Å². The minimum atomic E-state index is -1.02. The molecular weight excluding hydrogens is 232 g/mol. The summed E-state index contributed by atoms with van der Waals surface area (Å²) in [5.74, 6) is -1.02. The van der Waals surface area contributed by atoms with E-state index in [9.17, 15) is 9.59 Å². The molecule has 0 aliphatic carbocycles. The molecule has 0 amide bonds. The van der Waals surface area contributed by atoms with E-state index in [2.05, 4.69) is 5.10 Å². The van der Waals surface area contributed by atoms with Crippen LogP contribution in [-0.4, -0.2) is 20.9 Å². The Kier molecular flexibility index (Phi) is 2.97.